The monoisotopic (exact) mass is 662 g/mol. The van der Waals surface area contributed by atoms with E-state index in [1.54, 1.807) is 20.8 Å². The molecule has 3 aliphatic rings. The summed E-state index contributed by atoms with van der Waals surface area (Å²) in [6, 6.07) is 20.2. The Morgan fingerprint density at radius 3 is 2.00 bits per heavy atom. The van der Waals surface area contributed by atoms with Crippen LogP contribution in [0.1, 0.15) is 81.7 Å². The van der Waals surface area contributed by atoms with Crippen LogP contribution in [0.4, 0.5) is 0 Å². The Bertz CT molecular complexity index is 1930. The van der Waals surface area contributed by atoms with Gasteiger partial charge in [-0.15, -0.1) is 0 Å². The standard InChI is InChI=1S/C42H46O7/c1-23(2)34-36(45)32(25(4)43)38(47)42(49)39(48)35-37(46)33-30(21-40(35,5)22-41(34,42)6)29(19-20-31(33)44)28-17-15-27(16-18-28)10-8-7-9-26-13-11-24(3)12-14-26/h11-20,23,34,44,46-47,49H,7-10,21-22H2,1-6H3/t34?,40-,41-,42+/m1/s1. The van der Waals surface area contributed by atoms with Gasteiger partial charge in [-0.3, -0.25) is 14.4 Å². The van der Waals surface area contributed by atoms with Crippen LogP contribution in [0.15, 0.2) is 77.6 Å². The first-order chi connectivity index (χ1) is 23.0. The molecule has 6 rings (SSSR count). The average molecular weight is 663 g/mol. The van der Waals surface area contributed by atoms with Crippen LogP contribution in [-0.2, 0) is 33.6 Å². The van der Waals surface area contributed by atoms with E-state index in [0.717, 1.165) is 43.7 Å². The Morgan fingerprint density at radius 1 is 0.878 bits per heavy atom. The van der Waals surface area contributed by atoms with Crippen LogP contribution in [0.25, 0.3) is 16.9 Å². The number of hydrogen-bond donors (Lipinski definition) is 4. The van der Waals surface area contributed by atoms with E-state index < -0.39 is 56.8 Å². The van der Waals surface area contributed by atoms with Crippen LogP contribution in [0.2, 0.25) is 0 Å². The van der Waals surface area contributed by atoms with Crippen molar-refractivity contribution < 1.29 is 34.8 Å². The largest absolute Gasteiger partial charge is 0.508 e. The molecular formula is C42H46O7. The third kappa shape index (κ3) is 5.25. The highest BCUT2D eigenvalue weighted by Crippen LogP contribution is 2.65. The van der Waals surface area contributed by atoms with Crippen molar-refractivity contribution in [1.29, 1.82) is 0 Å². The van der Waals surface area contributed by atoms with Gasteiger partial charge >= 0.3 is 0 Å². The van der Waals surface area contributed by atoms with Gasteiger partial charge in [0.25, 0.3) is 0 Å². The smallest absolute Gasteiger partial charge is 0.203 e. The molecule has 0 aliphatic heterocycles. The highest BCUT2D eigenvalue weighted by molar-refractivity contribution is 6.24. The molecule has 49 heavy (non-hydrogen) atoms. The zero-order valence-corrected chi connectivity index (χ0v) is 29.2. The van der Waals surface area contributed by atoms with Crippen molar-refractivity contribution in [2.75, 3.05) is 0 Å². The number of Topliss-reactive ketones (excluding diaryl/α,β-unsaturated/α-hetero) is 3. The summed E-state index contributed by atoms with van der Waals surface area (Å²) in [5.41, 5.74) is 0.369. The minimum Gasteiger partial charge on any atom is -0.508 e. The highest BCUT2D eigenvalue weighted by atomic mass is 16.3. The Morgan fingerprint density at radius 2 is 1.45 bits per heavy atom. The van der Waals surface area contributed by atoms with Gasteiger partial charge in [0, 0.05) is 22.3 Å². The van der Waals surface area contributed by atoms with Crippen LogP contribution in [-0.4, -0.2) is 43.4 Å². The second-order valence-electron chi connectivity index (χ2n) is 15.3. The third-order valence-corrected chi connectivity index (χ3v) is 11.5. The van der Waals surface area contributed by atoms with Gasteiger partial charge in [-0.05, 0) is 92.2 Å². The lowest BCUT2D eigenvalue weighted by molar-refractivity contribution is -0.178. The zero-order valence-electron chi connectivity index (χ0n) is 29.2. The number of unbranched alkanes of at least 4 members (excludes halogenated alkanes) is 1. The maximum atomic E-state index is 14.5. The second-order valence-corrected chi connectivity index (χ2v) is 15.3. The number of aliphatic hydroxyl groups is 3. The van der Waals surface area contributed by atoms with Crippen LogP contribution in [0, 0.1) is 29.6 Å². The summed E-state index contributed by atoms with van der Waals surface area (Å²) in [5.74, 6) is -5.27. The van der Waals surface area contributed by atoms with Gasteiger partial charge in [-0.2, -0.15) is 0 Å². The van der Waals surface area contributed by atoms with E-state index in [2.05, 4.69) is 43.3 Å². The van der Waals surface area contributed by atoms with Crippen LogP contribution >= 0.6 is 0 Å². The SMILES string of the molecule is CC(=O)C1=C(O)[C@]2(O)C(=O)C3=C(O)c4c(O)ccc(-c5ccc(CCCCc6ccc(C)cc6)cc5)c4C[C@]3(C)C[C@]2(C)C(C(C)C)C1=O. The molecule has 0 amide bonds. The van der Waals surface area contributed by atoms with E-state index in [1.165, 1.54) is 22.8 Å². The summed E-state index contributed by atoms with van der Waals surface area (Å²) in [6.07, 6.45) is 4.40. The van der Waals surface area contributed by atoms with Crippen molar-refractivity contribution in [3.63, 3.8) is 0 Å². The Kier molecular flexibility index (Phi) is 8.51. The van der Waals surface area contributed by atoms with Crippen molar-refractivity contribution in [3.8, 4) is 16.9 Å². The molecule has 7 heteroatoms. The Hall–Kier alpha value is -4.49. The topological polar surface area (TPSA) is 132 Å². The zero-order chi connectivity index (χ0) is 35.6. The minimum atomic E-state index is -2.62. The van der Waals surface area contributed by atoms with E-state index in [0.29, 0.717) is 5.56 Å². The first kappa shape index (κ1) is 34.4. The number of fused-ring (bicyclic) bond motifs is 3. The molecule has 0 radical (unpaired) electrons. The summed E-state index contributed by atoms with van der Waals surface area (Å²) in [7, 11) is 0. The quantitative estimate of drug-likeness (QED) is 0.143. The lowest BCUT2D eigenvalue weighted by Gasteiger charge is -2.59. The predicted molar refractivity (Wildman–Crippen MR) is 189 cm³/mol. The summed E-state index contributed by atoms with van der Waals surface area (Å²) in [5, 5.41) is 46.5. The number of phenols is 1. The van der Waals surface area contributed by atoms with E-state index in [1.807, 2.05) is 25.1 Å². The van der Waals surface area contributed by atoms with E-state index in [4.69, 9.17) is 0 Å². The maximum Gasteiger partial charge on any atom is 0.203 e. The fraction of sp³-hybridized carbons (Fsp3) is 0.405. The second kappa shape index (κ2) is 12.1. The number of allylic oxidation sites excluding steroid dienone is 1. The van der Waals surface area contributed by atoms with Crippen LogP contribution in [0.3, 0.4) is 0 Å². The lowest BCUT2D eigenvalue weighted by atomic mass is 9.43. The first-order valence-corrected chi connectivity index (χ1v) is 17.2. The van der Waals surface area contributed by atoms with Crippen LogP contribution < -0.4 is 0 Å². The first-order valence-electron chi connectivity index (χ1n) is 17.2. The van der Waals surface area contributed by atoms with Crippen molar-refractivity contribution in [3.05, 3.63) is 105 Å². The van der Waals surface area contributed by atoms with Crippen molar-refractivity contribution in [1.82, 2.24) is 0 Å². The van der Waals surface area contributed by atoms with Gasteiger partial charge in [0.05, 0.1) is 5.56 Å². The maximum absolute atomic E-state index is 14.5. The molecule has 7 nitrogen and oxygen atoms in total. The number of benzene rings is 3. The molecule has 1 fully saturated rings. The number of aryl methyl sites for hydroxylation is 3. The molecule has 0 spiro atoms. The van der Waals surface area contributed by atoms with Crippen LogP contribution in [0.5, 0.6) is 5.75 Å². The number of carbonyl (C=O) groups excluding carboxylic acids is 3. The average Bonchev–Trinajstić information content (AvgIpc) is 3.02. The van der Waals surface area contributed by atoms with Gasteiger partial charge in [0.15, 0.2) is 17.2 Å². The molecular weight excluding hydrogens is 616 g/mol. The summed E-state index contributed by atoms with van der Waals surface area (Å²) >= 11 is 0. The van der Waals surface area contributed by atoms with E-state index in [9.17, 15) is 34.8 Å². The molecule has 3 aliphatic carbocycles. The molecule has 0 heterocycles. The fourth-order valence-corrected chi connectivity index (χ4v) is 9.25. The number of rotatable bonds is 8. The molecule has 4 N–H and O–H groups in total. The molecule has 256 valence electrons. The molecule has 1 unspecified atom stereocenters. The minimum absolute atomic E-state index is 0.0571. The number of aromatic hydroxyl groups is 1. The van der Waals surface area contributed by atoms with Gasteiger partial charge < -0.3 is 20.4 Å². The molecule has 0 saturated heterocycles. The van der Waals surface area contributed by atoms with Gasteiger partial charge in [0.1, 0.15) is 22.8 Å². The third-order valence-electron chi connectivity index (χ3n) is 11.5. The summed E-state index contributed by atoms with van der Waals surface area (Å²) in [4.78, 5) is 40.9. The predicted octanol–water partition coefficient (Wildman–Crippen LogP) is 7.73. The number of hydrogen-bond acceptors (Lipinski definition) is 7. The van der Waals surface area contributed by atoms with Crippen molar-refractivity contribution >= 4 is 23.1 Å². The normalized spacial score (nSPS) is 26.5. The lowest BCUT2D eigenvalue weighted by Crippen LogP contribution is -2.69. The fourth-order valence-electron chi connectivity index (χ4n) is 9.25. The summed E-state index contributed by atoms with van der Waals surface area (Å²) < 4.78 is 0. The Balaban J connectivity index is 1.36. The number of ketones is 3. The molecule has 0 bridgehead atoms. The molecule has 3 aromatic carbocycles. The van der Waals surface area contributed by atoms with Gasteiger partial charge in [0.2, 0.25) is 5.78 Å². The van der Waals surface area contributed by atoms with Crippen molar-refractivity contribution in [2.45, 2.75) is 85.7 Å². The van der Waals surface area contributed by atoms with Gasteiger partial charge in [-0.25, -0.2) is 0 Å². The molecule has 1 saturated carbocycles. The molecule has 3 aromatic rings. The number of carbonyl (C=O) groups is 3. The Labute approximate surface area is 288 Å². The molecule has 0 aromatic heterocycles. The van der Waals surface area contributed by atoms with Gasteiger partial charge in [-0.1, -0.05) is 87.9 Å². The van der Waals surface area contributed by atoms with Crippen molar-refractivity contribution in [2.24, 2.45) is 22.7 Å². The number of phenolic OH excluding ortho intramolecular Hbond substituents is 1. The highest BCUT2D eigenvalue weighted by Gasteiger charge is 2.72. The van der Waals surface area contributed by atoms with E-state index >= 15 is 0 Å². The number of aliphatic hydroxyl groups excluding tert-OH is 2. The van der Waals surface area contributed by atoms with E-state index in [-0.39, 0.29) is 35.6 Å². The summed E-state index contributed by atoms with van der Waals surface area (Å²) in [6.45, 7) is 10.2. The molecule has 4 atom stereocenters.